The molecular formula is C14H16N2O2. The fourth-order valence-electron chi connectivity index (χ4n) is 1.87. The number of hydrogen-bond donors (Lipinski definition) is 0. The summed E-state index contributed by atoms with van der Waals surface area (Å²) in [5.74, 6) is -0.335. The first kappa shape index (κ1) is 12.4. The molecule has 0 saturated heterocycles. The topological polar surface area (TPSA) is 44.1 Å². The molecule has 1 heterocycles. The van der Waals surface area contributed by atoms with Gasteiger partial charge in [-0.3, -0.25) is 0 Å². The molecule has 2 aromatic rings. The van der Waals surface area contributed by atoms with Crippen molar-refractivity contribution in [2.24, 2.45) is 0 Å². The highest BCUT2D eigenvalue weighted by atomic mass is 16.5. The van der Waals surface area contributed by atoms with Crippen LogP contribution in [0.3, 0.4) is 0 Å². The van der Waals surface area contributed by atoms with Crippen LogP contribution >= 0.6 is 0 Å². The number of imidazole rings is 1. The smallest absolute Gasteiger partial charge is 0.356 e. The van der Waals surface area contributed by atoms with Gasteiger partial charge in [-0.1, -0.05) is 30.3 Å². The lowest BCUT2D eigenvalue weighted by atomic mass is 10.1. The van der Waals surface area contributed by atoms with E-state index in [-0.39, 0.29) is 12.0 Å². The van der Waals surface area contributed by atoms with E-state index in [2.05, 4.69) is 4.98 Å². The number of rotatable bonds is 4. The number of aromatic nitrogens is 2. The zero-order valence-corrected chi connectivity index (χ0v) is 10.5. The van der Waals surface area contributed by atoms with Crippen molar-refractivity contribution in [1.29, 1.82) is 0 Å². The molecular weight excluding hydrogens is 227 g/mol. The second-order valence-electron chi connectivity index (χ2n) is 3.99. The molecule has 0 aliphatic carbocycles. The van der Waals surface area contributed by atoms with Crippen molar-refractivity contribution in [3.63, 3.8) is 0 Å². The maximum absolute atomic E-state index is 11.8. The SMILES string of the molecule is C[11CH2]OC(=O)c1cncn1[C@H](C)c1ccccc1. The molecule has 1 aromatic heterocycles. The Labute approximate surface area is 106 Å². The van der Waals surface area contributed by atoms with E-state index in [0.29, 0.717) is 12.3 Å². The molecule has 1 atom stereocenters. The molecule has 0 saturated carbocycles. The van der Waals surface area contributed by atoms with E-state index in [9.17, 15) is 4.79 Å². The Hall–Kier alpha value is -2.10. The first-order valence-electron chi connectivity index (χ1n) is 5.98. The molecule has 0 unspecified atom stereocenters. The molecule has 1 aromatic carbocycles. The Kier molecular flexibility index (Phi) is 3.77. The molecule has 0 spiro atoms. The van der Waals surface area contributed by atoms with Crippen LogP contribution in [-0.4, -0.2) is 22.1 Å². The van der Waals surface area contributed by atoms with Crippen LogP contribution in [-0.2, 0) is 4.74 Å². The van der Waals surface area contributed by atoms with Crippen LogP contribution < -0.4 is 0 Å². The Balaban J connectivity index is 2.29. The molecule has 0 aliphatic rings. The van der Waals surface area contributed by atoms with Gasteiger partial charge >= 0.3 is 5.97 Å². The Bertz CT molecular complexity index is 520. The van der Waals surface area contributed by atoms with Crippen molar-refractivity contribution in [3.8, 4) is 0 Å². The summed E-state index contributed by atoms with van der Waals surface area (Å²) in [7, 11) is 0. The molecule has 4 heteroatoms. The van der Waals surface area contributed by atoms with Crippen molar-refractivity contribution in [3.05, 3.63) is 54.1 Å². The van der Waals surface area contributed by atoms with E-state index < -0.39 is 0 Å². The van der Waals surface area contributed by atoms with Crippen molar-refractivity contribution < 1.29 is 9.53 Å². The molecule has 0 N–H and O–H groups in total. The molecule has 0 bridgehead atoms. The van der Waals surface area contributed by atoms with Crippen molar-refractivity contribution in [2.75, 3.05) is 6.61 Å². The second-order valence-corrected chi connectivity index (χ2v) is 3.99. The first-order valence-corrected chi connectivity index (χ1v) is 5.98. The number of carbonyl (C=O) groups is 1. The summed E-state index contributed by atoms with van der Waals surface area (Å²) in [6.07, 6.45) is 3.20. The lowest BCUT2D eigenvalue weighted by Crippen LogP contribution is -2.15. The van der Waals surface area contributed by atoms with E-state index in [1.54, 1.807) is 13.3 Å². The molecule has 94 valence electrons. The van der Waals surface area contributed by atoms with Gasteiger partial charge in [-0.25, -0.2) is 9.78 Å². The van der Waals surface area contributed by atoms with Crippen LogP contribution in [0.15, 0.2) is 42.9 Å². The monoisotopic (exact) mass is 243 g/mol. The van der Waals surface area contributed by atoms with Gasteiger partial charge < -0.3 is 9.30 Å². The zero-order valence-electron chi connectivity index (χ0n) is 10.5. The summed E-state index contributed by atoms with van der Waals surface area (Å²) < 4.78 is 6.84. The zero-order chi connectivity index (χ0) is 13.0. The van der Waals surface area contributed by atoms with E-state index in [1.807, 2.05) is 41.8 Å². The number of nitrogens with zero attached hydrogens (tertiary/aromatic N) is 2. The van der Waals surface area contributed by atoms with Gasteiger partial charge in [0, 0.05) is 0 Å². The highest BCUT2D eigenvalue weighted by molar-refractivity contribution is 5.87. The first-order chi connectivity index (χ1) is 8.74. The van der Waals surface area contributed by atoms with E-state index in [4.69, 9.17) is 4.74 Å². The second kappa shape index (κ2) is 5.49. The van der Waals surface area contributed by atoms with Crippen LogP contribution in [0.5, 0.6) is 0 Å². The van der Waals surface area contributed by atoms with Gasteiger partial charge in [0.05, 0.1) is 25.2 Å². The minimum atomic E-state index is -0.335. The van der Waals surface area contributed by atoms with Gasteiger partial charge in [0.25, 0.3) is 0 Å². The summed E-state index contributed by atoms with van der Waals surface area (Å²) in [5.41, 5.74) is 1.61. The summed E-state index contributed by atoms with van der Waals surface area (Å²) >= 11 is 0. The highest BCUT2D eigenvalue weighted by Gasteiger charge is 2.17. The van der Waals surface area contributed by atoms with Crippen LogP contribution in [0, 0.1) is 0 Å². The van der Waals surface area contributed by atoms with Gasteiger partial charge in [-0.15, -0.1) is 0 Å². The quantitative estimate of drug-likeness (QED) is 0.775. The van der Waals surface area contributed by atoms with Crippen molar-refractivity contribution in [1.82, 2.24) is 9.55 Å². The van der Waals surface area contributed by atoms with Crippen LogP contribution in [0.2, 0.25) is 0 Å². The van der Waals surface area contributed by atoms with Crippen LogP contribution in [0.25, 0.3) is 0 Å². The maximum atomic E-state index is 11.8. The average molecular weight is 243 g/mol. The molecule has 0 aliphatic heterocycles. The fraction of sp³-hybridized carbons (Fsp3) is 0.286. The van der Waals surface area contributed by atoms with Crippen LogP contribution in [0.4, 0.5) is 0 Å². The predicted molar refractivity (Wildman–Crippen MR) is 68.4 cm³/mol. The maximum Gasteiger partial charge on any atom is 0.356 e. The third-order valence-electron chi connectivity index (χ3n) is 2.85. The number of benzene rings is 1. The fourth-order valence-corrected chi connectivity index (χ4v) is 1.87. The highest BCUT2D eigenvalue weighted by Crippen LogP contribution is 2.19. The standard InChI is InChI=1S/C14H16N2O2/c1-3-18-14(17)13-9-15-10-16(13)11(2)12-7-5-4-6-8-12/h4-11H,3H2,1-2H3/t11-/m1/s1/i3-1. The molecule has 4 nitrogen and oxygen atoms in total. The van der Waals surface area contributed by atoms with E-state index >= 15 is 0 Å². The number of carbonyl (C=O) groups excluding carboxylic acids is 1. The van der Waals surface area contributed by atoms with Gasteiger partial charge in [0.15, 0.2) is 0 Å². The lowest BCUT2D eigenvalue weighted by Gasteiger charge is -2.16. The van der Waals surface area contributed by atoms with Gasteiger partial charge in [0.1, 0.15) is 5.69 Å². The number of ether oxygens (including phenoxy) is 1. The molecule has 0 fully saturated rings. The van der Waals surface area contributed by atoms with Gasteiger partial charge in [-0.05, 0) is 19.4 Å². The summed E-state index contributed by atoms with van der Waals surface area (Å²) in [5, 5.41) is 0. The van der Waals surface area contributed by atoms with Gasteiger partial charge in [0.2, 0.25) is 0 Å². The third kappa shape index (κ3) is 2.42. The average Bonchev–Trinajstić information content (AvgIpc) is 2.88. The normalized spacial score (nSPS) is 12.1. The van der Waals surface area contributed by atoms with Crippen molar-refractivity contribution in [2.45, 2.75) is 19.9 Å². The molecule has 18 heavy (non-hydrogen) atoms. The Morgan fingerprint density at radius 1 is 1.39 bits per heavy atom. The van der Waals surface area contributed by atoms with Crippen molar-refractivity contribution >= 4 is 5.97 Å². The summed E-state index contributed by atoms with van der Waals surface area (Å²) in [6, 6.07) is 10.0. The third-order valence-corrected chi connectivity index (χ3v) is 2.85. The Morgan fingerprint density at radius 3 is 2.78 bits per heavy atom. The number of esters is 1. The predicted octanol–water partition coefficient (Wildman–Crippen LogP) is 2.67. The largest absolute Gasteiger partial charge is 0.461 e. The molecule has 0 amide bonds. The van der Waals surface area contributed by atoms with E-state index in [0.717, 1.165) is 5.56 Å². The van der Waals surface area contributed by atoms with Gasteiger partial charge in [-0.2, -0.15) is 0 Å². The lowest BCUT2D eigenvalue weighted by molar-refractivity contribution is 0.0512. The summed E-state index contributed by atoms with van der Waals surface area (Å²) in [4.78, 5) is 15.8. The molecule has 0 radical (unpaired) electrons. The minimum Gasteiger partial charge on any atom is -0.461 e. The minimum absolute atomic E-state index is 0.0492. The van der Waals surface area contributed by atoms with Crippen LogP contribution in [0.1, 0.15) is 35.9 Å². The molecule has 2 rings (SSSR count). The van der Waals surface area contributed by atoms with E-state index in [1.165, 1.54) is 6.20 Å². The summed E-state index contributed by atoms with van der Waals surface area (Å²) in [6.45, 7) is 4.18. The Morgan fingerprint density at radius 2 is 2.11 bits per heavy atom. The number of hydrogen-bond acceptors (Lipinski definition) is 3.